The number of aryl methyl sites for hydroxylation is 2. The number of aromatic nitrogens is 4. The second-order valence-electron chi connectivity index (χ2n) is 11.3. The molecule has 198 valence electrons. The van der Waals surface area contributed by atoms with Gasteiger partial charge in [0.1, 0.15) is 5.60 Å². The molecule has 5 rings (SSSR count). The summed E-state index contributed by atoms with van der Waals surface area (Å²) in [6, 6.07) is 16.9. The van der Waals surface area contributed by atoms with Crippen molar-refractivity contribution in [1.82, 2.24) is 24.7 Å². The van der Waals surface area contributed by atoms with E-state index in [1.54, 1.807) is 0 Å². The molecule has 1 amide bonds. The van der Waals surface area contributed by atoms with Crippen LogP contribution in [0.1, 0.15) is 63.4 Å². The van der Waals surface area contributed by atoms with Crippen molar-refractivity contribution in [1.29, 1.82) is 0 Å². The van der Waals surface area contributed by atoms with Gasteiger partial charge in [-0.05, 0) is 89.3 Å². The fraction of sp³-hybridized carbons (Fsp3) is 0.419. The van der Waals surface area contributed by atoms with Crippen molar-refractivity contribution in [2.24, 2.45) is 5.92 Å². The molecule has 7 heteroatoms. The van der Waals surface area contributed by atoms with E-state index >= 15 is 0 Å². The van der Waals surface area contributed by atoms with Gasteiger partial charge >= 0.3 is 6.09 Å². The van der Waals surface area contributed by atoms with Crippen LogP contribution in [0.3, 0.4) is 0 Å². The average molecular weight is 512 g/mol. The third-order valence-corrected chi connectivity index (χ3v) is 7.13. The number of imidazole rings is 1. The molecule has 0 spiro atoms. The lowest BCUT2D eigenvalue weighted by molar-refractivity contribution is 0.0487. The molecule has 1 aromatic carbocycles. The average Bonchev–Trinajstić information content (AvgIpc) is 3.34. The second kappa shape index (κ2) is 11.3. The molecule has 0 saturated heterocycles. The zero-order valence-corrected chi connectivity index (χ0v) is 22.6. The van der Waals surface area contributed by atoms with Gasteiger partial charge in [-0.3, -0.25) is 14.4 Å². The molecule has 3 heterocycles. The van der Waals surface area contributed by atoms with E-state index in [1.807, 2.05) is 45.4 Å². The molecule has 1 N–H and O–H groups in total. The number of alkyl carbamates (subject to hydrolysis) is 1. The lowest BCUT2D eigenvalue weighted by atomic mass is 9.83. The first-order valence-corrected chi connectivity index (χ1v) is 13.6. The highest BCUT2D eigenvalue weighted by atomic mass is 16.6. The Morgan fingerprint density at radius 1 is 1.00 bits per heavy atom. The predicted molar refractivity (Wildman–Crippen MR) is 149 cm³/mol. The zero-order chi connectivity index (χ0) is 26.5. The molecular weight excluding hydrogens is 474 g/mol. The van der Waals surface area contributed by atoms with Gasteiger partial charge in [-0.25, -0.2) is 9.78 Å². The van der Waals surface area contributed by atoms with Crippen LogP contribution in [0.5, 0.6) is 0 Å². The Bertz CT molecular complexity index is 1370. The summed E-state index contributed by atoms with van der Waals surface area (Å²) < 4.78 is 7.53. The van der Waals surface area contributed by atoms with Gasteiger partial charge in [0.25, 0.3) is 0 Å². The first kappa shape index (κ1) is 25.9. The van der Waals surface area contributed by atoms with Gasteiger partial charge in [-0.2, -0.15) is 0 Å². The molecule has 1 fully saturated rings. The van der Waals surface area contributed by atoms with Crippen molar-refractivity contribution in [3.8, 4) is 11.4 Å². The van der Waals surface area contributed by atoms with Gasteiger partial charge in [-0.15, -0.1) is 0 Å². The van der Waals surface area contributed by atoms with Crippen LogP contribution in [0.2, 0.25) is 0 Å². The van der Waals surface area contributed by atoms with Crippen LogP contribution >= 0.6 is 0 Å². The monoisotopic (exact) mass is 511 g/mol. The van der Waals surface area contributed by atoms with Crippen molar-refractivity contribution < 1.29 is 9.53 Å². The van der Waals surface area contributed by atoms with Crippen molar-refractivity contribution in [2.45, 2.75) is 77.4 Å². The molecule has 0 aliphatic heterocycles. The van der Waals surface area contributed by atoms with E-state index in [9.17, 15) is 4.79 Å². The van der Waals surface area contributed by atoms with Gasteiger partial charge in [0.15, 0.2) is 5.65 Å². The largest absolute Gasteiger partial charge is 0.444 e. The maximum absolute atomic E-state index is 12.1. The molecule has 4 aromatic rings. The zero-order valence-electron chi connectivity index (χ0n) is 22.6. The molecule has 0 radical (unpaired) electrons. The molecule has 1 aliphatic rings. The smallest absolute Gasteiger partial charge is 0.407 e. The minimum absolute atomic E-state index is 0.170. The van der Waals surface area contributed by atoms with E-state index in [0.29, 0.717) is 5.92 Å². The number of hydrogen-bond donors (Lipinski definition) is 1. The Morgan fingerprint density at radius 3 is 2.55 bits per heavy atom. The topological polar surface area (TPSA) is 81.4 Å². The molecule has 1 saturated carbocycles. The van der Waals surface area contributed by atoms with Crippen LogP contribution in [0.15, 0.2) is 67.1 Å². The molecule has 0 unspecified atom stereocenters. The third-order valence-electron chi connectivity index (χ3n) is 7.13. The predicted octanol–water partition coefficient (Wildman–Crippen LogP) is 6.20. The van der Waals surface area contributed by atoms with Gasteiger partial charge in [0.2, 0.25) is 0 Å². The standard InChI is InChI=1S/C31H37N5O2/c1-31(2,3)38-30(37)35-25-16-13-23(14-17-25)20-27-29-33-21-28(36(29)19-18-32-27)26-11-7-10-24(34-26)15-12-22-8-5-4-6-9-22/h4-11,18-19,21,23,25H,12-17,20H2,1-3H3,(H,35,37). The fourth-order valence-corrected chi connectivity index (χ4v) is 5.24. The highest BCUT2D eigenvalue weighted by molar-refractivity contribution is 5.68. The third kappa shape index (κ3) is 6.57. The Labute approximate surface area is 224 Å². The molecule has 7 nitrogen and oxygen atoms in total. The number of fused-ring (bicyclic) bond motifs is 1. The minimum atomic E-state index is -0.478. The van der Waals surface area contributed by atoms with Crippen LogP contribution < -0.4 is 5.32 Å². The Kier molecular flexibility index (Phi) is 7.72. The molecule has 0 atom stereocenters. The van der Waals surface area contributed by atoms with Crippen molar-refractivity contribution in [2.75, 3.05) is 0 Å². The number of hydrogen-bond acceptors (Lipinski definition) is 5. The molecule has 3 aromatic heterocycles. The molecular formula is C31H37N5O2. The van der Waals surface area contributed by atoms with E-state index < -0.39 is 5.60 Å². The number of pyridine rings is 1. The highest BCUT2D eigenvalue weighted by Gasteiger charge is 2.26. The lowest BCUT2D eigenvalue weighted by Crippen LogP contribution is -2.41. The summed E-state index contributed by atoms with van der Waals surface area (Å²) in [6.45, 7) is 5.66. The van der Waals surface area contributed by atoms with Gasteiger partial charge in [0.05, 0.1) is 23.3 Å². The molecule has 1 aliphatic carbocycles. The van der Waals surface area contributed by atoms with Gasteiger partial charge < -0.3 is 10.1 Å². The number of rotatable bonds is 7. The first-order chi connectivity index (χ1) is 18.3. The maximum Gasteiger partial charge on any atom is 0.407 e. The summed E-state index contributed by atoms with van der Waals surface area (Å²) >= 11 is 0. The number of nitrogens with zero attached hydrogens (tertiary/aromatic N) is 4. The minimum Gasteiger partial charge on any atom is -0.444 e. The van der Waals surface area contributed by atoms with Crippen LogP contribution in [0.4, 0.5) is 4.79 Å². The Morgan fingerprint density at radius 2 is 1.79 bits per heavy atom. The normalized spacial score (nSPS) is 17.9. The van der Waals surface area contributed by atoms with E-state index in [1.165, 1.54) is 5.56 Å². The van der Waals surface area contributed by atoms with Crippen LogP contribution in [0, 0.1) is 5.92 Å². The number of amides is 1. The summed E-state index contributed by atoms with van der Waals surface area (Å²) in [5.74, 6) is 0.518. The summed E-state index contributed by atoms with van der Waals surface area (Å²) in [4.78, 5) is 26.5. The number of benzene rings is 1. The van der Waals surface area contributed by atoms with Crippen molar-refractivity contribution in [3.63, 3.8) is 0 Å². The van der Waals surface area contributed by atoms with E-state index in [2.05, 4.69) is 52.2 Å². The van der Waals surface area contributed by atoms with Gasteiger partial charge in [0, 0.05) is 24.1 Å². The SMILES string of the molecule is CC(C)(C)OC(=O)NC1CCC(Cc2nccn3c(-c4cccc(CCc5ccccc5)n4)cnc23)CC1. The summed E-state index contributed by atoms with van der Waals surface area (Å²) in [5, 5.41) is 3.03. The number of ether oxygens (including phenoxy) is 1. The van der Waals surface area contributed by atoms with Crippen LogP contribution in [-0.2, 0) is 24.0 Å². The second-order valence-corrected chi connectivity index (χ2v) is 11.3. The Balaban J connectivity index is 1.23. The lowest BCUT2D eigenvalue weighted by Gasteiger charge is -2.30. The molecule has 38 heavy (non-hydrogen) atoms. The number of carbonyl (C=O) groups is 1. The molecule has 0 bridgehead atoms. The highest BCUT2D eigenvalue weighted by Crippen LogP contribution is 2.29. The van der Waals surface area contributed by atoms with Crippen molar-refractivity contribution >= 4 is 11.7 Å². The van der Waals surface area contributed by atoms with E-state index in [0.717, 1.165) is 73.4 Å². The summed E-state index contributed by atoms with van der Waals surface area (Å²) in [5.41, 5.74) is 5.74. The van der Waals surface area contributed by atoms with Crippen LogP contribution in [0.25, 0.3) is 17.0 Å². The fourth-order valence-electron chi connectivity index (χ4n) is 5.24. The quantitative estimate of drug-likeness (QED) is 0.319. The number of carbonyl (C=O) groups excluding carboxylic acids is 1. The van der Waals surface area contributed by atoms with Crippen LogP contribution in [-0.4, -0.2) is 37.1 Å². The number of nitrogens with one attached hydrogen (secondary N) is 1. The van der Waals surface area contributed by atoms with Gasteiger partial charge in [-0.1, -0.05) is 36.4 Å². The first-order valence-electron chi connectivity index (χ1n) is 13.6. The van der Waals surface area contributed by atoms with E-state index in [4.69, 9.17) is 19.7 Å². The van der Waals surface area contributed by atoms with Crippen molar-refractivity contribution in [3.05, 3.63) is 84.1 Å². The summed E-state index contributed by atoms with van der Waals surface area (Å²) in [7, 11) is 0. The maximum atomic E-state index is 12.1. The van der Waals surface area contributed by atoms with E-state index in [-0.39, 0.29) is 12.1 Å². The Hall–Kier alpha value is -3.74. The summed E-state index contributed by atoms with van der Waals surface area (Å²) in [6.07, 6.45) is 12.2.